The van der Waals surface area contributed by atoms with Gasteiger partial charge in [0.2, 0.25) is 0 Å². The van der Waals surface area contributed by atoms with E-state index in [0.717, 1.165) is 29.6 Å². The predicted molar refractivity (Wildman–Crippen MR) is 148 cm³/mol. The predicted octanol–water partition coefficient (Wildman–Crippen LogP) is 6.04. The molecule has 3 aromatic rings. The van der Waals surface area contributed by atoms with Crippen molar-refractivity contribution in [1.29, 1.82) is 0 Å². The molecule has 1 unspecified atom stereocenters. The third kappa shape index (κ3) is 6.17. The fourth-order valence-electron chi connectivity index (χ4n) is 4.69. The van der Waals surface area contributed by atoms with Crippen molar-refractivity contribution in [3.63, 3.8) is 0 Å². The van der Waals surface area contributed by atoms with Gasteiger partial charge in [-0.1, -0.05) is 44.5 Å². The van der Waals surface area contributed by atoms with E-state index in [2.05, 4.69) is 38.8 Å². The highest BCUT2D eigenvalue weighted by Crippen LogP contribution is 2.39. The Balaban J connectivity index is 1.55. The summed E-state index contributed by atoms with van der Waals surface area (Å²) in [6.07, 6.45) is 1.47. The lowest BCUT2D eigenvalue weighted by Gasteiger charge is -2.46. The Bertz CT molecular complexity index is 1260. The Morgan fingerprint density at radius 3 is 2.70 bits per heavy atom. The van der Waals surface area contributed by atoms with E-state index in [1.165, 1.54) is 4.90 Å². The Morgan fingerprint density at radius 1 is 1.27 bits per heavy atom. The molecule has 1 fully saturated rings. The molecule has 8 nitrogen and oxygen atoms in total. The van der Waals surface area contributed by atoms with E-state index in [4.69, 9.17) is 21.0 Å². The summed E-state index contributed by atoms with van der Waals surface area (Å²) >= 11 is 6.16. The first-order valence-electron chi connectivity index (χ1n) is 12.8. The van der Waals surface area contributed by atoms with Crippen molar-refractivity contribution in [2.45, 2.75) is 83.0 Å². The molecule has 3 heterocycles. The Labute approximate surface area is 224 Å². The molecule has 2 aromatic heterocycles. The number of amides is 1. The molecule has 1 aromatic carbocycles. The van der Waals surface area contributed by atoms with Crippen molar-refractivity contribution < 1.29 is 19.4 Å². The lowest BCUT2D eigenvalue weighted by atomic mass is 9.94. The van der Waals surface area contributed by atoms with Crippen molar-refractivity contribution in [2.75, 3.05) is 6.54 Å². The highest BCUT2D eigenvalue weighted by Gasteiger charge is 2.44. The van der Waals surface area contributed by atoms with Crippen LogP contribution in [-0.4, -0.2) is 68.9 Å². The molecule has 1 saturated heterocycles. The van der Waals surface area contributed by atoms with Crippen LogP contribution in [-0.2, 0) is 11.0 Å². The van der Waals surface area contributed by atoms with Gasteiger partial charge in [-0.2, -0.15) is 0 Å². The number of rotatable bonds is 7. The van der Waals surface area contributed by atoms with Crippen LogP contribution >= 0.6 is 11.6 Å². The number of piperidine rings is 1. The highest BCUT2D eigenvalue weighted by atomic mass is 35.5. The third-order valence-corrected chi connectivity index (χ3v) is 12.5. The van der Waals surface area contributed by atoms with E-state index in [9.17, 15) is 15.0 Å². The first kappa shape index (κ1) is 27.6. The maximum absolute atomic E-state index is 12.1. The normalized spacial score (nSPS) is 19.8. The van der Waals surface area contributed by atoms with Crippen LogP contribution < -0.4 is 0 Å². The van der Waals surface area contributed by atoms with Gasteiger partial charge in [-0.25, -0.2) is 14.8 Å². The number of hydrogen-bond donors (Lipinski definition) is 2. The molecule has 3 atom stereocenters. The molecule has 0 aliphatic carbocycles. The van der Waals surface area contributed by atoms with Crippen LogP contribution in [0.25, 0.3) is 22.4 Å². The minimum absolute atomic E-state index is 0.00372. The zero-order valence-corrected chi connectivity index (χ0v) is 23.9. The number of aliphatic hydroxyl groups is 1. The first-order chi connectivity index (χ1) is 17.4. The Kier molecular flexibility index (Phi) is 7.99. The number of likely N-dealkylation sites (tertiary alicyclic amines) is 1. The highest BCUT2D eigenvalue weighted by molar-refractivity contribution is 6.74. The number of aromatic nitrogens is 3. The molecule has 4 rings (SSSR count). The van der Waals surface area contributed by atoms with Gasteiger partial charge in [-0.3, -0.25) is 0 Å². The smallest absolute Gasteiger partial charge is 0.407 e. The zero-order chi connectivity index (χ0) is 27.0. The van der Waals surface area contributed by atoms with E-state index in [0.29, 0.717) is 17.2 Å². The van der Waals surface area contributed by atoms with Crippen LogP contribution in [0.1, 0.15) is 40.0 Å². The summed E-state index contributed by atoms with van der Waals surface area (Å²) in [4.78, 5) is 22.8. The summed E-state index contributed by atoms with van der Waals surface area (Å²) in [5.41, 5.74) is 3.04. The van der Waals surface area contributed by atoms with Crippen molar-refractivity contribution in [3.05, 3.63) is 47.7 Å². The first-order valence-corrected chi connectivity index (χ1v) is 16.1. The number of imidazole rings is 1. The summed E-state index contributed by atoms with van der Waals surface area (Å²) in [7, 11) is -2.13. The average molecular weight is 545 g/mol. The molecule has 10 heteroatoms. The van der Waals surface area contributed by atoms with E-state index in [1.54, 1.807) is 6.33 Å². The quantitative estimate of drug-likeness (QED) is 0.352. The summed E-state index contributed by atoms with van der Waals surface area (Å²) in [6, 6.07) is 10.9. The number of pyridine rings is 1. The minimum Gasteiger partial charge on any atom is -0.465 e. The van der Waals surface area contributed by atoms with Gasteiger partial charge >= 0.3 is 6.09 Å². The van der Waals surface area contributed by atoms with Gasteiger partial charge in [0.25, 0.3) is 0 Å². The molecule has 1 amide bonds. The number of halogens is 1. The number of carboxylic acid groups (broad SMARTS) is 1. The van der Waals surface area contributed by atoms with Crippen molar-refractivity contribution in [2.24, 2.45) is 0 Å². The Hall–Kier alpha value is -2.46. The molecule has 0 spiro atoms. The minimum atomic E-state index is -2.13. The fourth-order valence-corrected chi connectivity index (χ4v) is 6.27. The number of fused-ring (bicyclic) bond motifs is 1. The second kappa shape index (κ2) is 10.7. The number of aliphatic hydroxyl groups excluding tert-OH is 1. The van der Waals surface area contributed by atoms with E-state index < -0.39 is 26.6 Å². The van der Waals surface area contributed by atoms with Gasteiger partial charge in [0, 0.05) is 17.1 Å². The number of benzene rings is 1. The van der Waals surface area contributed by atoms with E-state index in [1.807, 2.05) is 41.0 Å². The van der Waals surface area contributed by atoms with Crippen LogP contribution in [0, 0.1) is 0 Å². The topological polar surface area (TPSA) is 101 Å². The van der Waals surface area contributed by atoms with E-state index >= 15 is 0 Å². The van der Waals surface area contributed by atoms with E-state index in [-0.39, 0.29) is 24.1 Å². The molecule has 37 heavy (non-hydrogen) atoms. The molecule has 0 radical (unpaired) electrons. The average Bonchev–Trinajstić information content (AvgIpc) is 3.21. The molecular weight excluding hydrogens is 508 g/mol. The molecule has 1 aliphatic heterocycles. The van der Waals surface area contributed by atoms with Gasteiger partial charge in [0.05, 0.1) is 36.8 Å². The summed E-state index contributed by atoms with van der Waals surface area (Å²) < 4.78 is 8.52. The largest absolute Gasteiger partial charge is 0.465 e. The van der Waals surface area contributed by atoms with Crippen LogP contribution in [0.2, 0.25) is 23.2 Å². The summed E-state index contributed by atoms with van der Waals surface area (Å²) in [6.45, 7) is 11.6. The van der Waals surface area contributed by atoms with Gasteiger partial charge in [0.15, 0.2) is 14.0 Å². The van der Waals surface area contributed by atoms with Crippen LogP contribution in [0.15, 0.2) is 42.7 Å². The monoisotopic (exact) mass is 544 g/mol. The van der Waals surface area contributed by atoms with Crippen molar-refractivity contribution >= 4 is 37.2 Å². The standard InChI is InChI=1S/C27H37ClN4O4Si/c1-27(2,3)37(4,5)36-24-10-7-13-32(26(34)35)23(24)15-20(33)16-31-17-29-22-12-11-21(30-25(22)31)18-8-6-9-19(28)14-18/h6,8-9,11-12,14,17,20,23-24,33H,7,10,13,15-16H2,1-5H3,(H,34,35)/t20?,23-,24+/m1/s1. The second-order valence-electron chi connectivity index (χ2n) is 11.4. The summed E-state index contributed by atoms with van der Waals surface area (Å²) in [5.74, 6) is 0. The van der Waals surface area contributed by atoms with Crippen LogP contribution in [0.3, 0.4) is 0 Å². The van der Waals surface area contributed by atoms with Gasteiger partial charge in [-0.05, 0) is 61.7 Å². The molecule has 1 aliphatic rings. The van der Waals surface area contributed by atoms with Gasteiger partial charge in [0.1, 0.15) is 5.52 Å². The zero-order valence-electron chi connectivity index (χ0n) is 22.2. The lowest BCUT2D eigenvalue weighted by molar-refractivity contribution is -0.00326. The Morgan fingerprint density at radius 2 is 2.03 bits per heavy atom. The second-order valence-corrected chi connectivity index (χ2v) is 16.6. The molecule has 0 saturated carbocycles. The number of carbonyl (C=O) groups is 1. The van der Waals surface area contributed by atoms with Crippen LogP contribution in [0.5, 0.6) is 0 Å². The molecule has 200 valence electrons. The number of hydrogen-bond acceptors (Lipinski definition) is 5. The van der Waals surface area contributed by atoms with Gasteiger partial charge < -0.3 is 24.1 Å². The SMILES string of the molecule is CC(C)(C)[Si](C)(C)O[C@H]1CCCN(C(=O)O)[C@@H]1CC(O)Cn1cnc2ccc(-c3cccc(Cl)c3)nc21. The number of nitrogens with zero attached hydrogens (tertiary/aromatic N) is 4. The lowest BCUT2D eigenvalue weighted by Crippen LogP contribution is -2.56. The van der Waals surface area contributed by atoms with Gasteiger partial charge in [-0.15, -0.1) is 0 Å². The van der Waals surface area contributed by atoms with Crippen LogP contribution in [0.4, 0.5) is 4.79 Å². The molecule has 0 bridgehead atoms. The summed E-state index contributed by atoms with van der Waals surface area (Å²) in [5, 5.41) is 21.7. The van der Waals surface area contributed by atoms with Crippen molar-refractivity contribution in [3.8, 4) is 11.3 Å². The molecule has 2 N–H and O–H groups in total. The van der Waals surface area contributed by atoms with Crippen molar-refractivity contribution in [1.82, 2.24) is 19.4 Å². The maximum Gasteiger partial charge on any atom is 0.407 e. The third-order valence-electron chi connectivity index (χ3n) is 7.72. The molecular formula is C27H37ClN4O4Si. The maximum atomic E-state index is 12.1. The fraction of sp³-hybridized carbons (Fsp3) is 0.519.